The van der Waals surface area contributed by atoms with Crippen molar-refractivity contribution in [2.24, 2.45) is 5.92 Å². The number of carbonyl (C=O) groups excluding carboxylic acids is 1. The Morgan fingerprint density at radius 1 is 1.25 bits per heavy atom. The molecule has 0 aromatic carbocycles. The summed E-state index contributed by atoms with van der Waals surface area (Å²) in [5, 5.41) is 0. The number of Topliss-reactive ketones (excluding diaryl/α,β-unsaturated/α-hetero) is 1. The molecule has 2 aliphatic rings. The molecule has 1 aliphatic carbocycles. The van der Waals surface area contributed by atoms with Gasteiger partial charge in [0.15, 0.2) is 0 Å². The number of nitrogens with zero attached hydrogens (tertiary/aromatic N) is 2. The van der Waals surface area contributed by atoms with Crippen LogP contribution in [0, 0.1) is 5.92 Å². The molecule has 0 spiro atoms. The van der Waals surface area contributed by atoms with Gasteiger partial charge in [0.05, 0.1) is 6.04 Å². The molecule has 0 N–H and O–H groups in total. The number of ketones is 1. The Balaban J connectivity index is 1.78. The van der Waals surface area contributed by atoms with Crippen LogP contribution < -0.4 is 0 Å². The Hall–Kier alpha value is -0.410. The molecule has 0 radical (unpaired) electrons. The van der Waals surface area contributed by atoms with Crippen molar-refractivity contribution >= 4 is 5.78 Å². The van der Waals surface area contributed by atoms with Crippen molar-refractivity contribution in [1.82, 2.24) is 9.80 Å². The minimum absolute atomic E-state index is 0.265. The van der Waals surface area contributed by atoms with E-state index in [1.807, 2.05) is 0 Å². The van der Waals surface area contributed by atoms with Crippen molar-refractivity contribution in [1.29, 1.82) is 0 Å². The molecule has 0 bridgehead atoms. The van der Waals surface area contributed by atoms with Gasteiger partial charge in [-0.05, 0) is 18.8 Å². The van der Waals surface area contributed by atoms with Crippen molar-refractivity contribution in [2.75, 3.05) is 32.7 Å². The van der Waals surface area contributed by atoms with Crippen LogP contribution in [0.4, 0.5) is 0 Å². The zero-order valence-electron chi connectivity index (χ0n) is 10.6. The highest BCUT2D eigenvalue weighted by atomic mass is 16.1. The molecule has 1 heterocycles. The first-order valence-electron chi connectivity index (χ1n) is 6.66. The molecule has 1 atom stereocenters. The zero-order chi connectivity index (χ0) is 11.5. The third-order valence-electron chi connectivity index (χ3n) is 3.74. The molecule has 3 heteroatoms. The van der Waals surface area contributed by atoms with E-state index in [1.54, 1.807) is 0 Å². The monoisotopic (exact) mass is 224 g/mol. The van der Waals surface area contributed by atoms with Gasteiger partial charge in [-0.1, -0.05) is 13.8 Å². The summed E-state index contributed by atoms with van der Waals surface area (Å²) in [4.78, 5) is 16.6. The number of carbonyl (C=O) groups is 1. The summed E-state index contributed by atoms with van der Waals surface area (Å²) >= 11 is 0. The lowest BCUT2D eigenvalue weighted by Gasteiger charge is -2.38. The number of piperazine rings is 1. The van der Waals surface area contributed by atoms with Gasteiger partial charge in [0.1, 0.15) is 5.78 Å². The molecule has 92 valence electrons. The van der Waals surface area contributed by atoms with Gasteiger partial charge in [-0.15, -0.1) is 0 Å². The smallest absolute Gasteiger partial charge is 0.149 e. The third kappa shape index (κ3) is 2.83. The Bertz CT molecular complexity index is 244. The van der Waals surface area contributed by atoms with Crippen molar-refractivity contribution in [3.63, 3.8) is 0 Å². The zero-order valence-corrected chi connectivity index (χ0v) is 10.6. The summed E-state index contributed by atoms with van der Waals surface area (Å²) in [6.45, 7) is 10.2. The van der Waals surface area contributed by atoms with Crippen LogP contribution in [0.3, 0.4) is 0 Å². The molecule has 16 heavy (non-hydrogen) atoms. The van der Waals surface area contributed by atoms with Crippen LogP contribution >= 0.6 is 0 Å². The predicted molar refractivity (Wildman–Crippen MR) is 65.5 cm³/mol. The maximum atomic E-state index is 11.7. The minimum atomic E-state index is 0.265. The fourth-order valence-electron chi connectivity index (χ4n) is 2.96. The highest BCUT2D eigenvalue weighted by Crippen LogP contribution is 2.21. The summed E-state index contributed by atoms with van der Waals surface area (Å²) in [6.07, 6.45) is 3.02. The van der Waals surface area contributed by atoms with E-state index in [1.165, 1.54) is 6.54 Å². The Labute approximate surface area is 98.8 Å². The van der Waals surface area contributed by atoms with E-state index in [0.717, 1.165) is 51.4 Å². The number of hydrogen-bond donors (Lipinski definition) is 0. The highest BCUT2D eigenvalue weighted by Gasteiger charge is 2.31. The molecule has 0 aromatic rings. The van der Waals surface area contributed by atoms with Crippen LogP contribution in [0.2, 0.25) is 0 Å². The second kappa shape index (κ2) is 5.28. The summed E-state index contributed by atoms with van der Waals surface area (Å²) in [7, 11) is 0. The van der Waals surface area contributed by atoms with Gasteiger partial charge in [0.25, 0.3) is 0 Å². The lowest BCUT2D eigenvalue weighted by molar-refractivity contribution is -0.122. The third-order valence-corrected chi connectivity index (χ3v) is 3.74. The Morgan fingerprint density at radius 2 is 1.94 bits per heavy atom. The maximum Gasteiger partial charge on any atom is 0.149 e. The molecule has 0 aromatic heterocycles. The van der Waals surface area contributed by atoms with Gasteiger partial charge < -0.3 is 4.90 Å². The summed E-state index contributed by atoms with van der Waals surface area (Å²) < 4.78 is 0. The molecule has 0 amide bonds. The van der Waals surface area contributed by atoms with Crippen LogP contribution in [0.15, 0.2) is 0 Å². The summed E-state index contributed by atoms with van der Waals surface area (Å²) in [5.74, 6) is 1.23. The molecular weight excluding hydrogens is 200 g/mol. The minimum Gasteiger partial charge on any atom is -0.301 e. The number of rotatable bonds is 3. The lowest BCUT2D eigenvalue weighted by atomic mass is 10.1. The molecular formula is C13H24N2O. The molecule has 1 aliphatic heterocycles. The lowest BCUT2D eigenvalue weighted by Crippen LogP contribution is -2.52. The van der Waals surface area contributed by atoms with Gasteiger partial charge in [-0.25, -0.2) is 0 Å². The average Bonchev–Trinajstić information content (AvgIpc) is 2.65. The van der Waals surface area contributed by atoms with Crippen LogP contribution in [0.25, 0.3) is 0 Å². The maximum absolute atomic E-state index is 11.7. The van der Waals surface area contributed by atoms with E-state index in [2.05, 4.69) is 23.6 Å². The Kier molecular flexibility index (Phi) is 3.98. The summed E-state index contributed by atoms with van der Waals surface area (Å²) in [6, 6.07) is 0.265. The van der Waals surface area contributed by atoms with Crippen molar-refractivity contribution in [3.05, 3.63) is 0 Å². The van der Waals surface area contributed by atoms with Crippen LogP contribution in [-0.4, -0.2) is 54.3 Å². The fraction of sp³-hybridized carbons (Fsp3) is 0.923. The van der Waals surface area contributed by atoms with E-state index < -0.39 is 0 Å². The van der Waals surface area contributed by atoms with Crippen molar-refractivity contribution in [3.8, 4) is 0 Å². The van der Waals surface area contributed by atoms with Gasteiger partial charge in [0.2, 0.25) is 0 Å². The largest absolute Gasteiger partial charge is 0.301 e. The van der Waals surface area contributed by atoms with Gasteiger partial charge in [-0.3, -0.25) is 9.69 Å². The van der Waals surface area contributed by atoms with Gasteiger partial charge in [0, 0.05) is 39.1 Å². The van der Waals surface area contributed by atoms with E-state index in [9.17, 15) is 4.79 Å². The van der Waals surface area contributed by atoms with Gasteiger partial charge in [-0.2, -0.15) is 0 Å². The fourth-order valence-corrected chi connectivity index (χ4v) is 2.96. The number of hydrogen-bond acceptors (Lipinski definition) is 3. The molecule has 1 unspecified atom stereocenters. The molecule has 3 nitrogen and oxygen atoms in total. The average molecular weight is 224 g/mol. The van der Waals surface area contributed by atoms with Gasteiger partial charge >= 0.3 is 0 Å². The first-order valence-corrected chi connectivity index (χ1v) is 6.66. The second-order valence-electron chi connectivity index (χ2n) is 5.60. The van der Waals surface area contributed by atoms with Crippen molar-refractivity contribution in [2.45, 2.75) is 39.2 Å². The topological polar surface area (TPSA) is 23.6 Å². The Morgan fingerprint density at radius 3 is 2.44 bits per heavy atom. The predicted octanol–water partition coefficient (Wildman–Crippen LogP) is 1.38. The summed E-state index contributed by atoms with van der Waals surface area (Å²) in [5.41, 5.74) is 0. The SMILES string of the molecule is CC(C)CN1CCN(C2CCCC2=O)CC1. The van der Waals surface area contributed by atoms with Crippen LogP contribution in [-0.2, 0) is 4.79 Å². The standard InChI is InChI=1S/C13H24N2O/c1-11(2)10-14-6-8-15(9-7-14)12-4-3-5-13(12)16/h11-12H,3-10H2,1-2H3. The van der Waals surface area contributed by atoms with E-state index in [4.69, 9.17) is 0 Å². The molecule has 1 saturated carbocycles. The van der Waals surface area contributed by atoms with Crippen molar-refractivity contribution < 1.29 is 4.79 Å². The quantitative estimate of drug-likeness (QED) is 0.723. The van der Waals surface area contributed by atoms with E-state index >= 15 is 0 Å². The van der Waals surface area contributed by atoms with Crippen LogP contribution in [0.5, 0.6) is 0 Å². The molecule has 1 saturated heterocycles. The molecule has 2 fully saturated rings. The molecule has 2 rings (SSSR count). The van der Waals surface area contributed by atoms with E-state index in [0.29, 0.717) is 5.78 Å². The normalized spacial score (nSPS) is 29.2. The van der Waals surface area contributed by atoms with Crippen LogP contribution in [0.1, 0.15) is 33.1 Å². The first kappa shape index (κ1) is 12.1. The van der Waals surface area contributed by atoms with E-state index in [-0.39, 0.29) is 6.04 Å². The first-order chi connectivity index (χ1) is 7.66. The second-order valence-corrected chi connectivity index (χ2v) is 5.60. The highest BCUT2D eigenvalue weighted by molar-refractivity contribution is 5.85.